The zero-order valence-electron chi connectivity index (χ0n) is 13.8. The van der Waals surface area contributed by atoms with Gasteiger partial charge in [0.15, 0.2) is 0 Å². The molecule has 0 saturated heterocycles. The van der Waals surface area contributed by atoms with Gasteiger partial charge < -0.3 is 0 Å². The maximum absolute atomic E-state index is 3.57. The third-order valence-electron chi connectivity index (χ3n) is 4.04. The number of aryl methyl sites for hydroxylation is 4. The van der Waals surface area contributed by atoms with E-state index in [9.17, 15) is 0 Å². The monoisotopic (exact) mass is 278 g/mol. The Balaban J connectivity index is 2.32. The van der Waals surface area contributed by atoms with Crippen LogP contribution in [0.3, 0.4) is 0 Å². The molecule has 0 heterocycles. The molecule has 0 fully saturated rings. The average Bonchev–Trinajstić information content (AvgIpc) is 2.53. The highest BCUT2D eigenvalue weighted by atomic mass is 14.1. The van der Waals surface area contributed by atoms with Crippen LogP contribution in [0.5, 0.6) is 0 Å². The van der Waals surface area contributed by atoms with Gasteiger partial charge in [-0.3, -0.25) is 0 Å². The minimum atomic E-state index is 0.946. The molecular weight excluding hydrogens is 252 g/mol. The molecule has 0 atom stereocenters. The van der Waals surface area contributed by atoms with Crippen molar-refractivity contribution in [2.24, 2.45) is 0 Å². The highest BCUT2D eigenvalue weighted by molar-refractivity contribution is 5.36. The van der Waals surface area contributed by atoms with Gasteiger partial charge in [-0.2, -0.15) is 0 Å². The highest BCUT2D eigenvalue weighted by Crippen LogP contribution is 2.18. The smallest absolute Gasteiger partial charge is 0.00130 e. The fourth-order valence-corrected chi connectivity index (χ4v) is 2.72. The molecule has 2 radical (unpaired) electrons. The van der Waals surface area contributed by atoms with E-state index in [0.717, 1.165) is 32.1 Å². The van der Waals surface area contributed by atoms with Gasteiger partial charge in [0, 0.05) is 0 Å². The largest absolute Gasteiger partial charge is 0.0613 e. The van der Waals surface area contributed by atoms with Gasteiger partial charge >= 0.3 is 0 Å². The number of benzene rings is 2. The van der Waals surface area contributed by atoms with Crippen molar-refractivity contribution in [3.05, 3.63) is 69.8 Å². The van der Waals surface area contributed by atoms with E-state index in [2.05, 4.69) is 64.1 Å². The Bertz CT molecular complexity index is 495. The maximum Gasteiger partial charge on any atom is -0.00130 e. The van der Waals surface area contributed by atoms with Gasteiger partial charge in [-0.1, -0.05) is 52.0 Å². The summed E-state index contributed by atoms with van der Waals surface area (Å²) in [6, 6.07) is 16.3. The van der Waals surface area contributed by atoms with Crippen LogP contribution in [-0.2, 0) is 32.1 Å². The molecule has 0 aliphatic rings. The Kier molecular flexibility index (Phi) is 5.61. The Labute approximate surface area is 130 Å². The summed E-state index contributed by atoms with van der Waals surface area (Å²) in [6.45, 7) is 8.84. The molecule has 0 nitrogen and oxygen atoms in total. The predicted molar refractivity (Wildman–Crippen MR) is 90.9 cm³/mol. The first-order chi connectivity index (χ1) is 10.2. The van der Waals surface area contributed by atoms with Crippen molar-refractivity contribution in [2.45, 2.75) is 59.8 Å². The quantitative estimate of drug-likeness (QED) is 0.687. The minimum absolute atomic E-state index is 0.946. The second-order valence-electron chi connectivity index (χ2n) is 5.67. The summed E-state index contributed by atoms with van der Waals surface area (Å²) in [4.78, 5) is 0. The van der Waals surface area contributed by atoms with Crippen LogP contribution in [0.15, 0.2) is 24.3 Å². The molecule has 0 aliphatic heterocycles. The lowest BCUT2D eigenvalue weighted by Gasteiger charge is -2.10. The predicted octanol–water partition coefficient (Wildman–Crippen LogP) is 5.13. The van der Waals surface area contributed by atoms with E-state index in [4.69, 9.17) is 0 Å². The van der Waals surface area contributed by atoms with Gasteiger partial charge in [-0.15, -0.1) is 0 Å². The van der Waals surface area contributed by atoms with Crippen LogP contribution in [0.25, 0.3) is 0 Å². The summed E-state index contributed by atoms with van der Waals surface area (Å²) < 4.78 is 0. The van der Waals surface area contributed by atoms with Crippen LogP contribution < -0.4 is 0 Å². The molecule has 110 valence electrons. The number of rotatable bonds is 6. The summed E-state index contributed by atoms with van der Waals surface area (Å²) in [5, 5.41) is 0. The van der Waals surface area contributed by atoms with Crippen molar-refractivity contribution in [3.8, 4) is 0 Å². The van der Waals surface area contributed by atoms with Crippen molar-refractivity contribution in [2.75, 3.05) is 0 Å². The van der Waals surface area contributed by atoms with Gasteiger partial charge in [-0.25, -0.2) is 0 Å². The fraction of sp³-hybridized carbons (Fsp3) is 0.429. The zero-order chi connectivity index (χ0) is 15.2. The third-order valence-corrected chi connectivity index (χ3v) is 4.04. The van der Waals surface area contributed by atoms with Gasteiger partial charge in [-0.05, 0) is 77.6 Å². The summed E-state index contributed by atoms with van der Waals surface area (Å²) in [5.41, 5.74) is 8.10. The van der Waals surface area contributed by atoms with E-state index < -0.39 is 0 Å². The van der Waals surface area contributed by atoms with E-state index in [-0.39, 0.29) is 0 Å². The van der Waals surface area contributed by atoms with Gasteiger partial charge in [0.2, 0.25) is 0 Å². The fourth-order valence-electron chi connectivity index (χ4n) is 2.72. The molecule has 0 aliphatic carbocycles. The van der Waals surface area contributed by atoms with E-state index in [0.29, 0.717) is 0 Å². The molecular formula is C21H26. The topological polar surface area (TPSA) is 0 Å². The number of hydrogen-bond acceptors (Lipinski definition) is 0. The summed E-state index contributed by atoms with van der Waals surface area (Å²) in [7, 11) is 0. The van der Waals surface area contributed by atoms with Crippen molar-refractivity contribution in [1.82, 2.24) is 0 Å². The zero-order valence-corrected chi connectivity index (χ0v) is 13.8. The molecule has 0 N–H and O–H groups in total. The van der Waals surface area contributed by atoms with E-state index in [1.807, 2.05) is 0 Å². The maximum atomic E-state index is 3.57. The van der Waals surface area contributed by atoms with Crippen LogP contribution in [0.4, 0.5) is 0 Å². The number of hydrogen-bond donors (Lipinski definition) is 0. The van der Waals surface area contributed by atoms with Gasteiger partial charge in [0.05, 0.1) is 0 Å². The minimum Gasteiger partial charge on any atom is -0.0613 e. The van der Waals surface area contributed by atoms with E-state index >= 15 is 0 Å². The molecule has 21 heavy (non-hydrogen) atoms. The normalized spacial score (nSPS) is 10.9. The molecule has 0 aromatic heterocycles. The summed E-state index contributed by atoms with van der Waals surface area (Å²) >= 11 is 0. The lowest BCUT2D eigenvalue weighted by atomic mass is 9.95. The third kappa shape index (κ3) is 4.20. The summed E-state index contributed by atoms with van der Waals surface area (Å²) in [6.07, 6.45) is 5.24. The Hall–Kier alpha value is -1.56. The molecule has 0 amide bonds. The molecule has 2 rings (SSSR count). The standard InChI is InChI=1S/C21H26/c1-5-16-9-17(6-2)12-20(11-16)15-21-13-18(7-3)10-19(8-4)14-21/h9-11,13H,5-8,15H2,1-4H3. The molecule has 0 bridgehead atoms. The van der Waals surface area contributed by atoms with Crippen LogP contribution >= 0.6 is 0 Å². The molecule has 0 unspecified atom stereocenters. The Morgan fingerprint density at radius 1 is 0.571 bits per heavy atom. The van der Waals surface area contributed by atoms with E-state index in [1.165, 1.54) is 33.4 Å². The molecule has 0 heteroatoms. The molecule has 2 aromatic carbocycles. The second-order valence-corrected chi connectivity index (χ2v) is 5.67. The molecule has 2 aromatic rings. The van der Waals surface area contributed by atoms with Crippen LogP contribution in [0, 0.1) is 12.1 Å². The van der Waals surface area contributed by atoms with Crippen LogP contribution in [0.1, 0.15) is 61.1 Å². The van der Waals surface area contributed by atoms with Crippen LogP contribution in [-0.4, -0.2) is 0 Å². The lowest BCUT2D eigenvalue weighted by molar-refractivity contribution is 1.03. The lowest BCUT2D eigenvalue weighted by Crippen LogP contribution is -1.97. The Morgan fingerprint density at radius 3 is 1.29 bits per heavy atom. The SMILES string of the molecule is CCc1[c]c(Cc2[c]c(CC)cc(CC)c2)cc(CC)c1. The van der Waals surface area contributed by atoms with Crippen LogP contribution in [0.2, 0.25) is 0 Å². The highest BCUT2D eigenvalue weighted by Gasteiger charge is 2.04. The first-order valence-electron chi connectivity index (χ1n) is 8.26. The molecule has 0 spiro atoms. The van der Waals surface area contributed by atoms with Crippen molar-refractivity contribution in [1.29, 1.82) is 0 Å². The first-order valence-corrected chi connectivity index (χ1v) is 8.26. The average molecular weight is 278 g/mol. The van der Waals surface area contributed by atoms with E-state index in [1.54, 1.807) is 0 Å². The Morgan fingerprint density at radius 2 is 0.952 bits per heavy atom. The van der Waals surface area contributed by atoms with Gasteiger partial charge in [0.1, 0.15) is 0 Å². The van der Waals surface area contributed by atoms with Gasteiger partial charge in [0.25, 0.3) is 0 Å². The van der Waals surface area contributed by atoms with Crippen molar-refractivity contribution >= 4 is 0 Å². The molecule has 0 saturated carbocycles. The van der Waals surface area contributed by atoms with Crippen molar-refractivity contribution < 1.29 is 0 Å². The first kappa shape index (κ1) is 15.8. The van der Waals surface area contributed by atoms with Crippen molar-refractivity contribution in [3.63, 3.8) is 0 Å². The summed E-state index contributed by atoms with van der Waals surface area (Å²) in [5.74, 6) is 0. The second kappa shape index (κ2) is 7.45.